The molecule has 2 fully saturated rings. The molecule has 3 rings (SSSR count). The van der Waals surface area contributed by atoms with E-state index in [1.807, 2.05) is 37.8 Å². The number of aliphatic imine (C=N–C) groups is 1. The van der Waals surface area contributed by atoms with E-state index < -0.39 is 11.5 Å². The molecule has 1 saturated carbocycles. The van der Waals surface area contributed by atoms with Gasteiger partial charge in [-0.2, -0.15) is 0 Å². The minimum absolute atomic E-state index is 0. The molecule has 1 aromatic rings. The summed E-state index contributed by atoms with van der Waals surface area (Å²) >= 11 is 0. The molecule has 1 aliphatic carbocycles. The molecule has 0 bridgehead atoms. The molecule has 2 aliphatic rings. The van der Waals surface area contributed by atoms with Crippen LogP contribution in [0.2, 0.25) is 0 Å². The molecule has 0 radical (unpaired) electrons. The van der Waals surface area contributed by atoms with E-state index in [0.717, 1.165) is 44.0 Å². The average molecular weight is 572 g/mol. The van der Waals surface area contributed by atoms with Gasteiger partial charge < -0.3 is 25.6 Å². The summed E-state index contributed by atoms with van der Waals surface area (Å²) in [5, 5.41) is 3.38. The molecule has 8 nitrogen and oxygen atoms in total. The molecule has 1 aromatic carbocycles. The number of ether oxygens (including phenoxy) is 1. The molecule has 0 atom stereocenters. The lowest BCUT2D eigenvalue weighted by molar-refractivity contribution is 0.00927. The Labute approximate surface area is 214 Å². The number of primary amides is 1. The lowest BCUT2D eigenvalue weighted by Crippen LogP contribution is -2.52. The first-order valence-electron chi connectivity index (χ1n) is 11.5. The Kier molecular flexibility index (Phi) is 9.81. The van der Waals surface area contributed by atoms with E-state index >= 15 is 0 Å². The zero-order valence-electron chi connectivity index (χ0n) is 20.2. The van der Waals surface area contributed by atoms with Crippen molar-refractivity contribution in [2.24, 2.45) is 16.6 Å². The van der Waals surface area contributed by atoms with E-state index in [2.05, 4.69) is 15.2 Å². The molecular weight excluding hydrogens is 533 g/mol. The van der Waals surface area contributed by atoms with E-state index in [0.29, 0.717) is 18.0 Å². The van der Waals surface area contributed by atoms with Gasteiger partial charge in [0.05, 0.1) is 0 Å². The van der Waals surface area contributed by atoms with E-state index in [9.17, 15) is 9.59 Å². The summed E-state index contributed by atoms with van der Waals surface area (Å²) in [5.74, 6) is 1.00. The van der Waals surface area contributed by atoms with Crippen molar-refractivity contribution in [2.75, 3.05) is 26.7 Å². The number of likely N-dealkylation sites (tertiary alicyclic amines) is 1. The Hall–Kier alpha value is -2.04. The van der Waals surface area contributed by atoms with Gasteiger partial charge in [0.2, 0.25) is 5.91 Å². The minimum atomic E-state index is -0.489. The third-order valence-corrected chi connectivity index (χ3v) is 5.86. The molecule has 0 aromatic heterocycles. The van der Waals surface area contributed by atoms with Crippen LogP contribution in [-0.4, -0.2) is 66.1 Å². The number of nitrogens with one attached hydrogen (secondary N) is 1. The number of guanidine groups is 1. The first-order valence-corrected chi connectivity index (χ1v) is 11.5. The fourth-order valence-corrected chi connectivity index (χ4v) is 4.01. The third kappa shape index (κ3) is 8.35. The average Bonchev–Trinajstić information content (AvgIpc) is 3.56. The van der Waals surface area contributed by atoms with Gasteiger partial charge in [-0.1, -0.05) is 12.1 Å². The quantitative estimate of drug-likeness (QED) is 0.309. The molecule has 0 spiro atoms. The van der Waals surface area contributed by atoms with Crippen molar-refractivity contribution in [3.8, 4) is 0 Å². The largest absolute Gasteiger partial charge is 0.444 e. The SMILES string of the molecule is CN=C(NCc1cccc(C(N)=O)c1)N1CCC(N(CC2CC2)C(=O)OC(C)(C)C)CC1.I. The molecule has 33 heavy (non-hydrogen) atoms. The van der Waals surface area contributed by atoms with Crippen molar-refractivity contribution in [1.82, 2.24) is 15.1 Å². The zero-order chi connectivity index (χ0) is 23.3. The highest BCUT2D eigenvalue weighted by atomic mass is 127. The maximum absolute atomic E-state index is 12.8. The predicted octanol–water partition coefficient (Wildman–Crippen LogP) is 3.59. The topological polar surface area (TPSA) is 100 Å². The second kappa shape index (κ2) is 11.9. The number of piperidine rings is 1. The summed E-state index contributed by atoms with van der Waals surface area (Å²) in [6.45, 7) is 8.72. The monoisotopic (exact) mass is 571 g/mol. The van der Waals surface area contributed by atoms with Gasteiger partial charge in [-0.25, -0.2) is 4.79 Å². The van der Waals surface area contributed by atoms with Gasteiger partial charge in [0, 0.05) is 44.8 Å². The van der Waals surface area contributed by atoms with Crippen LogP contribution in [0.25, 0.3) is 0 Å². The van der Waals surface area contributed by atoms with Crippen LogP contribution in [0.3, 0.4) is 0 Å². The second-order valence-corrected chi connectivity index (χ2v) is 9.76. The normalized spacial score (nSPS) is 17.2. The van der Waals surface area contributed by atoms with Gasteiger partial charge in [-0.15, -0.1) is 24.0 Å². The summed E-state index contributed by atoms with van der Waals surface area (Å²) in [6, 6.07) is 7.48. The molecule has 1 aliphatic heterocycles. The summed E-state index contributed by atoms with van der Waals surface area (Å²) in [6.07, 6.45) is 3.96. The van der Waals surface area contributed by atoms with Gasteiger partial charge >= 0.3 is 6.09 Å². The van der Waals surface area contributed by atoms with Crippen LogP contribution >= 0.6 is 24.0 Å². The summed E-state index contributed by atoms with van der Waals surface area (Å²) in [7, 11) is 1.77. The lowest BCUT2D eigenvalue weighted by Gasteiger charge is -2.40. The number of nitrogens with two attached hydrogens (primary N) is 1. The summed E-state index contributed by atoms with van der Waals surface area (Å²) in [4.78, 5) is 32.9. The number of nitrogens with zero attached hydrogens (tertiary/aromatic N) is 3. The van der Waals surface area contributed by atoms with Crippen LogP contribution in [0.1, 0.15) is 62.4 Å². The third-order valence-electron chi connectivity index (χ3n) is 5.86. The highest BCUT2D eigenvalue weighted by Gasteiger charge is 2.35. The van der Waals surface area contributed by atoms with Crippen molar-refractivity contribution in [3.05, 3.63) is 35.4 Å². The number of amides is 2. The van der Waals surface area contributed by atoms with Crippen LogP contribution in [0, 0.1) is 5.92 Å². The summed E-state index contributed by atoms with van der Waals surface area (Å²) < 4.78 is 5.70. The smallest absolute Gasteiger partial charge is 0.410 e. The first kappa shape index (κ1) is 27.2. The van der Waals surface area contributed by atoms with Gasteiger partial charge in [0.1, 0.15) is 5.60 Å². The number of benzene rings is 1. The Morgan fingerprint density at radius 2 is 1.88 bits per heavy atom. The first-order chi connectivity index (χ1) is 15.2. The van der Waals surface area contributed by atoms with Gasteiger partial charge in [-0.3, -0.25) is 9.79 Å². The number of rotatable bonds is 6. The molecule has 184 valence electrons. The maximum atomic E-state index is 12.8. The molecule has 1 saturated heterocycles. The fourth-order valence-electron chi connectivity index (χ4n) is 4.01. The lowest BCUT2D eigenvalue weighted by atomic mass is 10.0. The van der Waals surface area contributed by atoms with E-state index in [1.165, 1.54) is 12.8 Å². The van der Waals surface area contributed by atoms with Crippen LogP contribution in [0.15, 0.2) is 29.3 Å². The van der Waals surface area contributed by atoms with Crippen LogP contribution in [-0.2, 0) is 11.3 Å². The molecule has 3 N–H and O–H groups in total. The number of halogens is 1. The predicted molar refractivity (Wildman–Crippen MR) is 141 cm³/mol. The second-order valence-electron chi connectivity index (χ2n) is 9.76. The van der Waals surface area contributed by atoms with Crippen molar-refractivity contribution < 1.29 is 14.3 Å². The number of carbonyl (C=O) groups is 2. The molecule has 2 amide bonds. The van der Waals surface area contributed by atoms with Crippen LogP contribution in [0.5, 0.6) is 0 Å². The fraction of sp³-hybridized carbons (Fsp3) is 0.625. The van der Waals surface area contributed by atoms with Crippen molar-refractivity contribution in [2.45, 2.75) is 64.6 Å². The van der Waals surface area contributed by atoms with Crippen molar-refractivity contribution in [3.63, 3.8) is 0 Å². The maximum Gasteiger partial charge on any atom is 0.410 e. The molecular formula is C24H38IN5O3. The van der Waals surface area contributed by atoms with Gasteiger partial charge in [0.25, 0.3) is 0 Å². The summed E-state index contributed by atoms with van der Waals surface area (Å²) in [5.41, 5.74) is 6.36. The highest BCUT2D eigenvalue weighted by Crippen LogP contribution is 2.32. The highest BCUT2D eigenvalue weighted by molar-refractivity contribution is 14.0. The number of hydrogen-bond acceptors (Lipinski definition) is 4. The molecule has 9 heteroatoms. The zero-order valence-corrected chi connectivity index (χ0v) is 22.5. The Balaban J connectivity index is 0.00000385. The minimum Gasteiger partial charge on any atom is -0.444 e. The number of hydrogen-bond donors (Lipinski definition) is 2. The number of carbonyl (C=O) groups excluding carboxylic acids is 2. The van der Waals surface area contributed by atoms with Crippen molar-refractivity contribution in [1.29, 1.82) is 0 Å². The Morgan fingerprint density at radius 1 is 1.21 bits per heavy atom. The standard InChI is InChI=1S/C24H37N5O3.HI/c1-24(2,3)32-23(31)29(16-17-8-9-17)20-10-12-28(13-11-20)22(26-4)27-15-18-6-5-7-19(14-18)21(25)30;/h5-7,14,17,20H,8-13,15-16H2,1-4H3,(H2,25,30)(H,26,27);1H. The van der Waals surface area contributed by atoms with E-state index in [1.54, 1.807) is 19.2 Å². The van der Waals surface area contributed by atoms with Gasteiger partial charge in [0.15, 0.2) is 5.96 Å². The Bertz CT molecular complexity index is 843. The van der Waals surface area contributed by atoms with Crippen molar-refractivity contribution >= 4 is 41.9 Å². The van der Waals surface area contributed by atoms with Gasteiger partial charge in [-0.05, 0) is 70.1 Å². The van der Waals surface area contributed by atoms with Crippen LogP contribution < -0.4 is 11.1 Å². The molecule has 0 unspecified atom stereocenters. The Morgan fingerprint density at radius 3 is 2.42 bits per heavy atom. The van der Waals surface area contributed by atoms with E-state index in [-0.39, 0.29) is 36.1 Å². The molecule has 1 heterocycles. The van der Waals surface area contributed by atoms with Crippen LogP contribution in [0.4, 0.5) is 4.79 Å². The van der Waals surface area contributed by atoms with E-state index in [4.69, 9.17) is 10.5 Å².